The number of hydrogen-bond acceptors (Lipinski definition) is 3. The van der Waals surface area contributed by atoms with Crippen LogP contribution in [0.5, 0.6) is 0 Å². The minimum Gasteiger partial charge on any atom is -0.371 e. The van der Waals surface area contributed by atoms with Crippen molar-refractivity contribution in [3.8, 4) is 0 Å². The minimum absolute atomic E-state index is 0.525. The average molecular weight is 257 g/mol. The molecule has 3 nitrogen and oxygen atoms in total. The Hall–Kier alpha value is -1.61. The monoisotopic (exact) mass is 257 g/mol. The Morgan fingerprint density at radius 2 is 1.89 bits per heavy atom. The molecule has 0 atom stereocenters. The number of anilines is 1. The topological polar surface area (TPSA) is 42.1 Å². The molecule has 19 heavy (non-hydrogen) atoms. The Morgan fingerprint density at radius 3 is 2.53 bits per heavy atom. The molecule has 0 spiro atoms. The molecule has 0 aliphatic heterocycles. The molecular weight excluding hydrogens is 234 g/mol. The predicted molar refractivity (Wildman–Crippen MR) is 82.4 cm³/mol. The number of aromatic nitrogens is 1. The van der Waals surface area contributed by atoms with Crippen LogP contribution in [0.4, 0.5) is 5.69 Å². The molecule has 0 bridgehead atoms. The highest BCUT2D eigenvalue weighted by Crippen LogP contribution is 2.30. The molecule has 0 amide bonds. The SMILES string of the molecule is CCC(CC)N(C)c1c(CN)cnc2ccccc12. The first-order valence-corrected chi connectivity index (χ1v) is 7.02. The lowest BCUT2D eigenvalue weighted by Gasteiger charge is -2.31. The highest BCUT2D eigenvalue weighted by Gasteiger charge is 2.17. The summed E-state index contributed by atoms with van der Waals surface area (Å²) >= 11 is 0. The zero-order valence-electron chi connectivity index (χ0n) is 12.1. The molecule has 1 aromatic carbocycles. The Labute approximate surface area is 115 Å². The largest absolute Gasteiger partial charge is 0.371 e. The lowest BCUT2D eigenvalue weighted by atomic mass is 10.0. The van der Waals surface area contributed by atoms with Crippen molar-refractivity contribution in [1.29, 1.82) is 0 Å². The lowest BCUT2D eigenvalue weighted by molar-refractivity contribution is 0.591. The van der Waals surface area contributed by atoms with Crippen LogP contribution in [0.25, 0.3) is 10.9 Å². The van der Waals surface area contributed by atoms with E-state index in [1.165, 1.54) is 11.1 Å². The van der Waals surface area contributed by atoms with Crippen LogP contribution >= 0.6 is 0 Å². The van der Waals surface area contributed by atoms with E-state index < -0.39 is 0 Å². The van der Waals surface area contributed by atoms with Crippen molar-refractivity contribution in [2.75, 3.05) is 11.9 Å². The van der Waals surface area contributed by atoms with Crippen LogP contribution in [0.1, 0.15) is 32.3 Å². The fourth-order valence-electron chi connectivity index (χ4n) is 2.75. The van der Waals surface area contributed by atoms with Gasteiger partial charge in [-0.05, 0) is 18.9 Å². The summed E-state index contributed by atoms with van der Waals surface area (Å²) in [6.45, 7) is 4.99. The number of benzene rings is 1. The van der Waals surface area contributed by atoms with E-state index in [2.05, 4.69) is 49.0 Å². The quantitative estimate of drug-likeness (QED) is 0.893. The number of nitrogens with two attached hydrogens (primary N) is 1. The Kier molecular flexibility index (Phi) is 4.38. The van der Waals surface area contributed by atoms with Gasteiger partial charge in [0.15, 0.2) is 0 Å². The first-order chi connectivity index (χ1) is 9.22. The number of rotatable bonds is 5. The van der Waals surface area contributed by atoms with Gasteiger partial charge in [-0.3, -0.25) is 4.98 Å². The third-order valence-corrected chi connectivity index (χ3v) is 3.89. The van der Waals surface area contributed by atoms with E-state index in [1.807, 2.05) is 12.3 Å². The first-order valence-electron chi connectivity index (χ1n) is 7.02. The van der Waals surface area contributed by atoms with Crippen molar-refractivity contribution in [1.82, 2.24) is 4.98 Å². The van der Waals surface area contributed by atoms with Crippen LogP contribution in [0.3, 0.4) is 0 Å². The fourth-order valence-corrected chi connectivity index (χ4v) is 2.75. The normalized spacial score (nSPS) is 11.2. The van der Waals surface area contributed by atoms with Gasteiger partial charge in [-0.2, -0.15) is 0 Å². The summed E-state index contributed by atoms with van der Waals surface area (Å²) < 4.78 is 0. The average Bonchev–Trinajstić information content (AvgIpc) is 2.47. The van der Waals surface area contributed by atoms with E-state index in [9.17, 15) is 0 Å². The summed E-state index contributed by atoms with van der Waals surface area (Å²) in [6.07, 6.45) is 4.18. The highest BCUT2D eigenvalue weighted by molar-refractivity contribution is 5.93. The molecule has 2 rings (SSSR count). The molecule has 0 saturated heterocycles. The molecule has 2 N–H and O–H groups in total. The van der Waals surface area contributed by atoms with Crippen LogP contribution < -0.4 is 10.6 Å². The predicted octanol–water partition coefficient (Wildman–Crippen LogP) is 3.32. The van der Waals surface area contributed by atoms with Gasteiger partial charge in [-0.1, -0.05) is 32.0 Å². The molecule has 0 radical (unpaired) electrons. The third-order valence-electron chi connectivity index (χ3n) is 3.89. The molecule has 102 valence electrons. The molecule has 0 aliphatic carbocycles. The van der Waals surface area contributed by atoms with E-state index in [4.69, 9.17) is 5.73 Å². The molecule has 1 heterocycles. The van der Waals surface area contributed by atoms with Crippen molar-refractivity contribution in [3.63, 3.8) is 0 Å². The number of para-hydroxylation sites is 1. The van der Waals surface area contributed by atoms with Gasteiger partial charge in [0.25, 0.3) is 0 Å². The molecule has 1 aromatic heterocycles. The van der Waals surface area contributed by atoms with Gasteiger partial charge in [0.2, 0.25) is 0 Å². The van der Waals surface area contributed by atoms with E-state index >= 15 is 0 Å². The Bertz CT molecular complexity index is 547. The summed E-state index contributed by atoms with van der Waals surface area (Å²) in [7, 11) is 2.17. The van der Waals surface area contributed by atoms with Crippen LogP contribution in [0, 0.1) is 0 Å². The van der Waals surface area contributed by atoms with Crippen molar-refractivity contribution < 1.29 is 0 Å². The van der Waals surface area contributed by atoms with Gasteiger partial charge in [-0.25, -0.2) is 0 Å². The van der Waals surface area contributed by atoms with Gasteiger partial charge in [0, 0.05) is 36.8 Å². The molecule has 0 unspecified atom stereocenters. The molecular formula is C16H23N3. The number of hydrogen-bond donors (Lipinski definition) is 1. The molecule has 0 fully saturated rings. The molecule has 0 aliphatic rings. The Morgan fingerprint density at radius 1 is 1.21 bits per heavy atom. The maximum Gasteiger partial charge on any atom is 0.0723 e. The molecule has 2 aromatic rings. The van der Waals surface area contributed by atoms with Crippen molar-refractivity contribution in [2.24, 2.45) is 5.73 Å². The Balaban J connectivity index is 2.61. The lowest BCUT2D eigenvalue weighted by Crippen LogP contribution is -2.31. The maximum atomic E-state index is 5.90. The van der Waals surface area contributed by atoms with Crippen LogP contribution in [0.15, 0.2) is 30.5 Å². The van der Waals surface area contributed by atoms with Crippen molar-refractivity contribution in [3.05, 3.63) is 36.0 Å². The van der Waals surface area contributed by atoms with Crippen molar-refractivity contribution >= 4 is 16.6 Å². The van der Waals surface area contributed by atoms with Gasteiger partial charge in [0.1, 0.15) is 0 Å². The van der Waals surface area contributed by atoms with E-state index in [0.717, 1.165) is 23.9 Å². The van der Waals surface area contributed by atoms with Crippen LogP contribution in [-0.4, -0.2) is 18.1 Å². The first kappa shape index (κ1) is 13.8. The van der Waals surface area contributed by atoms with Gasteiger partial charge in [0.05, 0.1) is 11.2 Å². The van der Waals surface area contributed by atoms with Gasteiger partial charge in [-0.15, -0.1) is 0 Å². The minimum atomic E-state index is 0.525. The number of nitrogens with zero attached hydrogens (tertiary/aromatic N) is 2. The van der Waals surface area contributed by atoms with Crippen LogP contribution in [0.2, 0.25) is 0 Å². The van der Waals surface area contributed by atoms with E-state index in [1.54, 1.807) is 0 Å². The number of pyridine rings is 1. The van der Waals surface area contributed by atoms with E-state index in [-0.39, 0.29) is 0 Å². The summed E-state index contributed by atoms with van der Waals surface area (Å²) in [6, 6.07) is 8.82. The van der Waals surface area contributed by atoms with Gasteiger partial charge >= 0.3 is 0 Å². The molecule has 3 heteroatoms. The highest BCUT2D eigenvalue weighted by atomic mass is 15.1. The number of fused-ring (bicyclic) bond motifs is 1. The summed E-state index contributed by atoms with van der Waals surface area (Å²) in [5.41, 5.74) is 9.29. The smallest absolute Gasteiger partial charge is 0.0723 e. The van der Waals surface area contributed by atoms with Crippen molar-refractivity contribution in [2.45, 2.75) is 39.3 Å². The fraction of sp³-hybridized carbons (Fsp3) is 0.438. The summed E-state index contributed by atoms with van der Waals surface area (Å²) in [5, 5.41) is 1.19. The summed E-state index contributed by atoms with van der Waals surface area (Å²) in [5.74, 6) is 0. The van der Waals surface area contributed by atoms with Gasteiger partial charge < -0.3 is 10.6 Å². The van der Waals surface area contributed by atoms with Crippen LogP contribution in [-0.2, 0) is 6.54 Å². The zero-order chi connectivity index (χ0) is 13.8. The standard InChI is InChI=1S/C16H23N3/c1-4-13(5-2)19(3)16-12(10-17)11-18-15-9-7-6-8-14(15)16/h6-9,11,13H,4-5,10,17H2,1-3H3. The summed E-state index contributed by atoms with van der Waals surface area (Å²) in [4.78, 5) is 6.87. The second kappa shape index (κ2) is 6.02. The molecule has 0 saturated carbocycles. The second-order valence-electron chi connectivity index (χ2n) is 4.93. The zero-order valence-corrected chi connectivity index (χ0v) is 12.1. The second-order valence-corrected chi connectivity index (χ2v) is 4.93. The third kappa shape index (κ3) is 2.56. The van der Waals surface area contributed by atoms with E-state index in [0.29, 0.717) is 12.6 Å². The maximum absolute atomic E-state index is 5.90.